The van der Waals surface area contributed by atoms with E-state index >= 15 is 0 Å². The lowest BCUT2D eigenvalue weighted by atomic mass is 10.2. The Hall–Kier alpha value is -3.69. The van der Waals surface area contributed by atoms with Gasteiger partial charge in [-0.1, -0.05) is 44.2 Å². The maximum absolute atomic E-state index is 12.6. The molecule has 178 valence electrons. The first-order chi connectivity index (χ1) is 16.3. The highest BCUT2D eigenvalue weighted by Crippen LogP contribution is 2.22. The van der Waals surface area contributed by atoms with Crippen LogP contribution in [0.4, 0.5) is 17.1 Å². The van der Waals surface area contributed by atoms with Crippen LogP contribution in [0.1, 0.15) is 24.2 Å². The SMILES string of the molecule is CCN(CC)S(=O)(=O)c1ccc(NC(=O)CNc2ccccc2NC(=O)c2ccccc2)cc1. The van der Waals surface area contributed by atoms with E-state index in [-0.39, 0.29) is 23.3 Å². The van der Waals surface area contributed by atoms with Gasteiger partial charge in [-0.2, -0.15) is 4.31 Å². The highest BCUT2D eigenvalue weighted by Gasteiger charge is 2.21. The van der Waals surface area contributed by atoms with E-state index in [1.54, 1.807) is 74.5 Å². The van der Waals surface area contributed by atoms with Crippen LogP contribution in [-0.2, 0) is 14.8 Å². The summed E-state index contributed by atoms with van der Waals surface area (Å²) in [5.41, 5.74) is 2.16. The van der Waals surface area contributed by atoms with E-state index in [4.69, 9.17) is 0 Å². The molecule has 0 saturated heterocycles. The summed E-state index contributed by atoms with van der Waals surface area (Å²) in [6.45, 7) is 4.30. The van der Waals surface area contributed by atoms with Gasteiger partial charge in [0.15, 0.2) is 0 Å². The first-order valence-electron chi connectivity index (χ1n) is 10.9. The Bertz CT molecular complexity index is 1230. The second kappa shape index (κ2) is 11.4. The fraction of sp³-hybridized carbons (Fsp3) is 0.200. The first kappa shape index (κ1) is 24.9. The van der Waals surface area contributed by atoms with Crippen molar-refractivity contribution in [3.63, 3.8) is 0 Å². The van der Waals surface area contributed by atoms with Crippen molar-refractivity contribution in [1.29, 1.82) is 0 Å². The van der Waals surface area contributed by atoms with Gasteiger partial charge in [-0.15, -0.1) is 0 Å². The molecule has 0 bridgehead atoms. The third-order valence-electron chi connectivity index (χ3n) is 5.13. The van der Waals surface area contributed by atoms with E-state index in [2.05, 4.69) is 16.0 Å². The number of carbonyl (C=O) groups excluding carboxylic acids is 2. The molecule has 0 radical (unpaired) electrons. The number of rotatable bonds is 10. The highest BCUT2D eigenvalue weighted by molar-refractivity contribution is 7.89. The summed E-state index contributed by atoms with van der Waals surface area (Å²) in [4.78, 5) is 25.1. The van der Waals surface area contributed by atoms with Gasteiger partial charge in [-0.25, -0.2) is 8.42 Å². The van der Waals surface area contributed by atoms with Crippen molar-refractivity contribution in [3.05, 3.63) is 84.4 Å². The van der Waals surface area contributed by atoms with Crippen molar-refractivity contribution in [3.8, 4) is 0 Å². The van der Waals surface area contributed by atoms with Crippen LogP contribution < -0.4 is 16.0 Å². The number of para-hydroxylation sites is 2. The van der Waals surface area contributed by atoms with Crippen LogP contribution >= 0.6 is 0 Å². The first-order valence-corrected chi connectivity index (χ1v) is 12.4. The number of benzene rings is 3. The van der Waals surface area contributed by atoms with Crippen LogP contribution in [0.15, 0.2) is 83.8 Å². The minimum atomic E-state index is -3.55. The van der Waals surface area contributed by atoms with Gasteiger partial charge >= 0.3 is 0 Å². The molecule has 9 heteroatoms. The second-order valence-electron chi connectivity index (χ2n) is 7.38. The Kier molecular flexibility index (Phi) is 8.39. The van der Waals surface area contributed by atoms with Crippen molar-refractivity contribution in [2.24, 2.45) is 0 Å². The van der Waals surface area contributed by atoms with E-state index in [1.165, 1.54) is 16.4 Å². The van der Waals surface area contributed by atoms with Crippen LogP contribution in [0.3, 0.4) is 0 Å². The fourth-order valence-corrected chi connectivity index (χ4v) is 4.79. The number of carbonyl (C=O) groups is 2. The zero-order valence-electron chi connectivity index (χ0n) is 19.1. The Labute approximate surface area is 200 Å². The molecule has 0 saturated carbocycles. The molecule has 3 aromatic carbocycles. The Balaban J connectivity index is 1.60. The lowest BCUT2D eigenvalue weighted by Crippen LogP contribution is -2.30. The molecule has 0 atom stereocenters. The normalized spacial score (nSPS) is 11.1. The summed E-state index contributed by atoms with van der Waals surface area (Å²) in [5, 5.41) is 8.61. The van der Waals surface area contributed by atoms with Gasteiger partial charge in [0, 0.05) is 24.3 Å². The van der Waals surface area contributed by atoms with E-state index < -0.39 is 10.0 Å². The van der Waals surface area contributed by atoms with Crippen molar-refractivity contribution < 1.29 is 18.0 Å². The van der Waals surface area contributed by atoms with Gasteiger partial charge in [-0.05, 0) is 48.5 Å². The fourth-order valence-electron chi connectivity index (χ4n) is 3.33. The quantitative estimate of drug-likeness (QED) is 0.406. The Morgan fingerprint density at radius 3 is 1.97 bits per heavy atom. The number of amides is 2. The van der Waals surface area contributed by atoms with Crippen molar-refractivity contribution in [2.75, 3.05) is 35.6 Å². The molecule has 0 aliphatic carbocycles. The number of hydrogen-bond acceptors (Lipinski definition) is 5. The summed E-state index contributed by atoms with van der Waals surface area (Å²) in [7, 11) is -3.55. The molecule has 3 aromatic rings. The predicted molar refractivity (Wildman–Crippen MR) is 135 cm³/mol. The van der Waals surface area contributed by atoms with Gasteiger partial charge < -0.3 is 16.0 Å². The molecular weight excluding hydrogens is 452 g/mol. The second-order valence-corrected chi connectivity index (χ2v) is 9.32. The lowest BCUT2D eigenvalue weighted by Gasteiger charge is -2.18. The van der Waals surface area contributed by atoms with E-state index in [1.807, 2.05) is 6.07 Å². The molecule has 0 spiro atoms. The van der Waals surface area contributed by atoms with Crippen molar-refractivity contribution in [1.82, 2.24) is 4.31 Å². The molecule has 3 N–H and O–H groups in total. The molecule has 0 aliphatic heterocycles. The largest absolute Gasteiger partial charge is 0.374 e. The molecule has 2 amide bonds. The average Bonchev–Trinajstić information content (AvgIpc) is 2.85. The number of nitrogens with one attached hydrogen (secondary N) is 3. The number of hydrogen-bond donors (Lipinski definition) is 3. The van der Waals surface area contributed by atoms with Gasteiger partial charge in [-0.3, -0.25) is 9.59 Å². The number of sulfonamides is 1. The van der Waals surface area contributed by atoms with E-state index in [0.717, 1.165) is 0 Å². The predicted octanol–water partition coefficient (Wildman–Crippen LogP) is 4.02. The molecule has 34 heavy (non-hydrogen) atoms. The monoisotopic (exact) mass is 480 g/mol. The van der Waals surface area contributed by atoms with Crippen LogP contribution in [0.5, 0.6) is 0 Å². The number of nitrogens with zero attached hydrogens (tertiary/aromatic N) is 1. The highest BCUT2D eigenvalue weighted by atomic mass is 32.2. The summed E-state index contributed by atoms with van der Waals surface area (Å²) in [6, 6.07) is 22.0. The molecule has 0 unspecified atom stereocenters. The summed E-state index contributed by atoms with van der Waals surface area (Å²) < 4.78 is 26.5. The molecule has 0 aliphatic rings. The minimum absolute atomic E-state index is 0.0439. The van der Waals surface area contributed by atoms with Crippen LogP contribution in [-0.4, -0.2) is 44.2 Å². The molecular formula is C25H28N4O4S. The molecule has 3 rings (SSSR count). The third-order valence-corrected chi connectivity index (χ3v) is 7.20. The van der Waals surface area contributed by atoms with Crippen LogP contribution in [0.25, 0.3) is 0 Å². The molecule has 8 nitrogen and oxygen atoms in total. The van der Waals surface area contributed by atoms with Crippen molar-refractivity contribution in [2.45, 2.75) is 18.7 Å². The zero-order chi connectivity index (χ0) is 24.6. The van der Waals surface area contributed by atoms with Crippen molar-refractivity contribution >= 4 is 38.9 Å². The maximum Gasteiger partial charge on any atom is 0.255 e. The number of anilines is 3. The van der Waals surface area contributed by atoms with Gasteiger partial charge in [0.25, 0.3) is 5.91 Å². The van der Waals surface area contributed by atoms with Gasteiger partial charge in [0.05, 0.1) is 22.8 Å². The summed E-state index contributed by atoms with van der Waals surface area (Å²) >= 11 is 0. The van der Waals surface area contributed by atoms with Gasteiger partial charge in [0.1, 0.15) is 0 Å². The maximum atomic E-state index is 12.6. The summed E-state index contributed by atoms with van der Waals surface area (Å²) in [6.07, 6.45) is 0. The van der Waals surface area contributed by atoms with Crippen LogP contribution in [0, 0.1) is 0 Å². The standard InChI is InChI=1S/C25H28N4O4S/c1-3-29(4-2)34(32,33)21-16-14-20(15-17-21)27-24(30)18-26-22-12-8-9-13-23(22)28-25(31)19-10-6-5-7-11-19/h5-17,26H,3-4,18H2,1-2H3,(H,27,30)(H,28,31). The van der Waals surface area contributed by atoms with E-state index in [9.17, 15) is 18.0 Å². The third kappa shape index (κ3) is 6.21. The molecule has 0 heterocycles. The molecule has 0 aromatic heterocycles. The summed E-state index contributed by atoms with van der Waals surface area (Å²) in [5.74, 6) is -0.567. The Morgan fingerprint density at radius 1 is 0.765 bits per heavy atom. The average molecular weight is 481 g/mol. The Morgan fingerprint density at radius 2 is 1.35 bits per heavy atom. The topological polar surface area (TPSA) is 108 Å². The van der Waals surface area contributed by atoms with Crippen LogP contribution in [0.2, 0.25) is 0 Å². The smallest absolute Gasteiger partial charge is 0.255 e. The lowest BCUT2D eigenvalue weighted by molar-refractivity contribution is -0.114. The minimum Gasteiger partial charge on any atom is -0.374 e. The molecule has 0 fully saturated rings. The zero-order valence-corrected chi connectivity index (χ0v) is 19.9. The van der Waals surface area contributed by atoms with Gasteiger partial charge in [0.2, 0.25) is 15.9 Å². The van der Waals surface area contributed by atoms with E-state index in [0.29, 0.717) is 35.7 Å².